The first kappa shape index (κ1) is 13.0. The van der Waals surface area contributed by atoms with Crippen LogP contribution in [0.3, 0.4) is 0 Å². The third-order valence-electron chi connectivity index (χ3n) is 3.37. The lowest BCUT2D eigenvalue weighted by Gasteiger charge is -2.13. The Balaban J connectivity index is 2.07. The third kappa shape index (κ3) is 2.14. The number of benzene rings is 1. The van der Waals surface area contributed by atoms with Crippen LogP contribution in [0, 0.1) is 0 Å². The van der Waals surface area contributed by atoms with Crippen LogP contribution in [0.2, 0.25) is 0 Å². The Morgan fingerprint density at radius 3 is 2.50 bits per heavy atom. The van der Waals surface area contributed by atoms with Crippen LogP contribution in [0.5, 0.6) is 0 Å². The van der Waals surface area contributed by atoms with Gasteiger partial charge in [-0.25, -0.2) is 18.2 Å². The lowest BCUT2D eigenvalue weighted by molar-refractivity contribution is 0.0965. The van der Waals surface area contributed by atoms with Gasteiger partial charge in [0.15, 0.2) is 5.78 Å². The van der Waals surface area contributed by atoms with Crippen LogP contribution in [0.15, 0.2) is 35.4 Å². The van der Waals surface area contributed by atoms with E-state index in [2.05, 4.69) is 5.10 Å². The van der Waals surface area contributed by atoms with Gasteiger partial charge < -0.3 is 0 Å². The SMILES string of the molecule is NS(=O)(=O)c1ccc(-n2ncc3c2C(=O)CCC3)cc1. The molecule has 1 aromatic carbocycles. The number of primary sulfonamides is 1. The Morgan fingerprint density at radius 1 is 1.15 bits per heavy atom. The van der Waals surface area contributed by atoms with Gasteiger partial charge in [-0.2, -0.15) is 5.10 Å². The molecule has 0 saturated carbocycles. The number of rotatable bonds is 2. The summed E-state index contributed by atoms with van der Waals surface area (Å²) in [6.07, 6.45) is 3.91. The summed E-state index contributed by atoms with van der Waals surface area (Å²) in [4.78, 5) is 12.0. The Hall–Kier alpha value is -1.99. The Kier molecular flexibility index (Phi) is 2.95. The monoisotopic (exact) mass is 291 g/mol. The van der Waals surface area contributed by atoms with Crippen molar-refractivity contribution in [3.63, 3.8) is 0 Å². The first-order valence-corrected chi connectivity index (χ1v) is 7.75. The van der Waals surface area contributed by atoms with Gasteiger partial charge in [0, 0.05) is 12.0 Å². The zero-order chi connectivity index (χ0) is 14.3. The highest BCUT2D eigenvalue weighted by molar-refractivity contribution is 7.89. The minimum absolute atomic E-state index is 0.0357. The largest absolute Gasteiger partial charge is 0.292 e. The van der Waals surface area contributed by atoms with Gasteiger partial charge in [0.2, 0.25) is 10.0 Å². The average molecular weight is 291 g/mol. The Morgan fingerprint density at radius 2 is 1.85 bits per heavy atom. The number of aromatic nitrogens is 2. The van der Waals surface area contributed by atoms with Gasteiger partial charge in [0.05, 0.1) is 16.8 Å². The molecule has 1 aliphatic rings. The number of hydrogen-bond acceptors (Lipinski definition) is 4. The minimum Gasteiger partial charge on any atom is -0.292 e. The predicted octanol–water partition coefficient (Wildman–Crippen LogP) is 1.04. The summed E-state index contributed by atoms with van der Waals surface area (Å²) in [7, 11) is -3.71. The fourth-order valence-electron chi connectivity index (χ4n) is 2.39. The molecule has 2 aromatic rings. The van der Waals surface area contributed by atoms with Crippen LogP contribution in [-0.2, 0) is 16.4 Å². The van der Waals surface area contributed by atoms with E-state index in [-0.39, 0.29) is 10.7 Å². The van der Waals surface area contributed by atoms with E-state index < -0.39 is 10.0 Å². The molecular formula is C13H13N3O3S. The normalized spacial score (nSPS) is 15.2. The number of aryl methyl sites for hydroxylation is 1. The van der Waals surface area contributed by atoms with Crippen molar-refractivity contribution < 1.29 is 13.2 Å². The van der Waals surface area contributed by atoms with Gasteiger partial charge in [-0.15, -0.1) is 0 Å². The lowest BCUT2D eigenvalue weighted by Crippen LogP contribution is -2.15. The van der Waals surface area contributed by atoms with Crippen molar-refractivity contribution in [3.8, 4) is 5.69 Å². The summed E-state index contributed by atoms with van der Waals surface area (Å²) < 4.78 is 24.0. The number of Topliss-reactive ketones (excluding diaryl/α,β-unsaturated/α-hetero) is 1. The van der Waals surface area contributed by atoms with Gasteiger partial charge in [0.25, 0.3) is 0 Å². The maximum Gasteiger partial charge on any atom is 0.238 e. The molecule has 0 aliphatic heterocycles. The van der Waals surface area contributed by atoms with E-state index in [0.29, 0.717) is 17.8 Å². The molecule has 0 atom stereocenters. The fraction of sp³-hybridized carbons (Fsp3) is 0.231. The highest BCUT2D eigenvalue weighted by Crippen LogP contribution is 2.24. The van der Waals surface area contributed by atoms with Crippen molar-refractivity contribution in [2.75, 3.05) is 0 Å². The molecule has 6 nitrogen and oxygen atoms in total. The molecule has 0 fully saturated rings. The van der Waals surface area contributed by atoms with Crippen LogP contribution >= 0.6 is 0 Å². The minimum atomic E-state index is -3.71. The van der Waals surface area contributed by atoms with E-state index in [0.717, 1.165) is 18.4 Å². The zero-order valence-electron chi connectivity index (χ0n) is 10.6. The number of fused-ring (bicyclic) bond motifs is 1. The molecule has 2 N–H and O–H groups in total. The quantitative estimate of drug-likeness (QED) is 0.894. The van der Waals surface area contributed by atoms with E-state index in [1.54, 1.807) is 23.0 Å². The van der Waals surface area contributed by atoms with E-state index in [1.807, 2.05) is 0 Å². The van der Waals surface area contributed by atoms with Crippen molar-refractivity contribution >= 4 is 15.8 Å². The summed E-state index contributed by atoms with van der Waals surface area (Å²) in [5.41, 5.74) is 2.19. The number of nitrogens with zero attached hydrogens (tertiary/aromatic N) is 2. The van der Waals surface area contributed by atoms with Crippen LogP contribution < -0.4 is 5.14 Å². The molecule has 1 aromatic heterocycles. The Bertz CT molecular complexity index is 776. The summed E-state index contributed by atoms with van der Waals surface area (Å²) in [6, 6.07) is 6.00. The second-order valence-electron chi connectivity index (χ2n) is 4.75. The zero-order valence-corrected chi connectivity index (χ0v) is 11.4. The molecule has 1 aliphatic carbocycles. The van der Waals surface area contributed by atoms with Crippen molar-refractivity contribution in [1.29, 1.82) is 0 Å². The van der Waals surface area contributed by atoms with Gasteiger partial charge >= 0.3 is 0 Å². The summed E-state index contributed by atoms with van der Waals surface area (Å²) in [5.74, 6) is 0.0688. The van der Waals surface area contributed by atoms with Gasteiger partial charge in [0.1, 0.15) is 5.69 Å². The lowest BCUT2D eigenvalue weighted by atomic mass is 9.97. The summed E-state index contributed by atoms with van der Waals surface area (Å²) >= 11 is 0. The first-order chi connectivity index (χ1) is 9.47. The maximum atomic E-state index is 12.0. The van der Waals surface area contributed by atoms with E-state index in [1.165, 1.54) is 12.1 Å². The van der Waals surface area contributed by atoms with Crippen LogP contribution in [0.4, 0.5) is 0 Å². The third-order valence-corrected chi connectivity index (χ3v) is 4.30. The molecule has 3 rings (SSSR count). The molecule has 0 radical (unpaired) electrons. The van der Waals surface area contributed by atoms with Crippen molar-refractivity contribution in [1.82, 2.24) is 9.78 Å². The van der Waals surface area contributed by atoms with Gasteiger partial charge in [-0.3, -0.25) is 4.79 Å². The smallest absolute Gasteiger partial charge is 0.238 e. The fourth-order valence-corrected chi connectivity index (χ4v) is 2.91. The average Bonchev–Trinajstić information content (AvgIpc) is 2.83. The topological polar surface area (TPSA) is 95.1 Å². The number of nitrogens with two attached hydrogens (primary N) is 1. The predicted molar refractivity (Wildman–Crippen MR) is 72.2 cm³/mol. The van der Waals surface area contributed by atoms with Crippen LogP contribution in [0.25, 0.3) is 5.69 Å². The van der Waals surface area contributed by atoms with E-state index in [9.17, 15) is 13.2 Å². The molecular weight excluding hydrogens is 278 g/mol. The standard InChI is InChI=1S/C13H13N3O3S/c14-20(18,19)11-6-4-10(5-7-11)16-13-9(8-15-16)2-1-3-12(13)17/h4-8H,1-3H2,(H2,14,18,19). The van der Waals surface area contributed by atoms with Gasteiger partial charge in [-0.05, 0) is 37.1 Å². The van der Waals surface area contributed by atoms with Gasteiger partial charge in [-0.1, -0.05) is 0 Å². The molecule has 0 bridgehead atoms. The highest BCUT2D eigenvalue weighted by atomic mass is 32.2. The second-order valence-corrected chi connectivity index (χ2v) is 6.31. The number of ketones is 1. The number of sulfonamides is 1. The van der Waals surface area contributed by atoms with Crippen molar-refractivity contribution in [3.05, 3.63) is 41.7 Å². The maximum absolute atomic E-state index is 12.0. The van der Waals surface area contributed by atoms with Crippen molar-refractivity contribution in [2.24, 2.45) is 5.14 Å². The van der Waals surface area contributed by atoms with E-state index in [4.69, 9.17) is 5.14 Å². The van der Waals surface area contributed by atoms with Crippen LogP contribution in [-0.4, -0.2) is 24.0 Å². The summed E-state index contributed by atoms with van der Waals surface area (Å²) in [5, 5.41) is 9.28. The summed E-state index contributed by atoms with van der Waals surface area (Å²) in [6.45, 7) is 0. The van der Waals surface area contributed by atoms with Crippen LogP contribution in [0.1, 0.15) is 28.9 Å². The molecule has 104 valence electrons. The second kappa shape index (κ2) is 4.53. The van der Waals surface area contributed by atoms with Crippen molar-refractivity contribution in [2.45, 2.75) is 24.2 Å². The molecule has 7 heteroatoms. The molecule has 1 heterocycles. The number of carbonyl (C=O) groups excluding carboxylic acids is 1. The molecule has 0 unspecified atom stereocenters. The first-order valence-electron chi connectivity index (χ1n) is 6.20. The molecule has 20 heavy (non-hydrogen) atoms. The van der Waals surface area contributed by atoms with E-state index >= 15 is 0 Å². The highest BCUT2D eigenvalue weighted by Gasteiger charge is 2.23. The Labute approximate surface area is 116 Å². The molecule has 0 amide bonds. The number of hydrogen-bond donors (Lipinski definition) is 1. The molecule has 0 spiro atoms. The molecule has 0 saturated heterocycles. The number of carbonyl (C=O) groups is 1.